The first-order valence-electron chi connectivity index (χ1n) is 6.31. The van der Waals surface area contributed by atoms with Crippen LogP contribution in [0.1, 0.15) is 28.4 Å². The molecule has 19 heavy (non-hydrogen) atoms. The van der Waals surface area contributed by atoms with Gasteiger partial charge < -0.3 is 16.0 Å². The van der Waals surface area contributed by atoms with E-state index in [4.69, 9.17) is 5.73 Å². The number of nitrogens with one attached hydrogen (secondary N) is 1. The van der Waals surface area contributed by atoms with E-state index in [0.29, 0.717) is 24.0 Å². The van der Waals surface area contributed by atoms with E-state index in [9.17, 15) is 4.79 Å². The lowest BCUT2D eigenvalue weighted by Gasteiger charge is -2.20. The molecule has 5 heteroatoms. The summed E-state index contributed by atoms with van der Waals surface area (Å²) in [6.07, 6.45) is 0. The van der Waals surface area contributed by atoms with Crippen LogP contribution >= 0.6 is 11.3 Å². The highest BCUT2D eigenvalue weighted by molar-refractivity contribution is 7.14. The molecule has 0 aromatic carbocycles. The second-order valence-corrected chi connectivity index (χ2v) is 5.58. The lowest BCUT2D eigenvalue weighted by atomic mass is 10.3. The number of amides is 1. The van der Waals surface area contributed by atoms with Crippen molar-refractivity contribution in [3.63, 3.8) is 0 Å². The zero-order chi connectivity index (χ0) is 14.3. The molecule has 0 atom stereocenters. The summed E-state index contributed by atoms with van der Waals surface area (Å²) < 4.78 is 0. The number of carbonyl (C=O) groups is 1. The van der Waals surface area contributed by atoms with Gasteiger partial charge in [0.2, 0.25) is 0 Å². The maximum absolute atomic E-state index is 11.9. The number of likely N-dealkylation sites (N-methyl/N-ethyl adjacent to an activating group) is 1. The summed E-state index contributed by atoms with van der Waals surface area (Å²) in [5.74, 6) is 5.66. The molecular weight excluding hydrogens is 258 g/mol. The first-order valence-corrected chi connectivity index (χ1v) is 7.13. The molecule has 0 saturated carbocycles. The number of hydrogen-bond donors (Lipinski definition) is 2. The van der Waals surface area contributed by atoms with Gasteiger partial charge in [-0.2, -0.15) is 0 Å². The highest BCUT2D eigenvalue weighted by Crippen LogP contribution is 2.14. The molecule has 0 aliphatic carbocycles. The summed E-state index contributed by atoms with van der Waals surface area (Å²) in [5.41, 5.74) is 5.31. The monoisotopic (exact) mass is 279 g/mol. The largest absolute Gasteiger partial charge is 0.350 e. The van der Waals surface area contributed by atoms with Gasteiger partial charge in [0.25, 0.3) is 5.91 Å². The Morgan fingerprint density at radius 3 is 2.89 bits per heavy atom. The highest BCUT2D eigenvalue weighted by atomic mass is 32.1. The molecule has 1 rings (SSSR count). The molecule has 0 spiro atoms. The van der Waals surface area contributed by atoms with E-state index in [1.54, 1.807) is 6.07 Å². The van der Waals surface area contributed by atoms with Gasteiger partial charge in [-0.3, -0.25) is 4.79 Å². The quantitative estimate of drug-likeness (QED) is 0.794. The zero-order valence-corrected chi connectivity index (χ0v) is 12.5. The number of hydrogen-bond acceptors (Lipinski definition) is 4. The Balaban J connectivity index is 2.43. The Labute approximate surface area is 119 Å². The van der Waals surface area contributed by atoms with Crippen molar-refractivity contribution in [2.24, 2.45) is 5.73 Å². The zero-order valence-electron chi connectivity index (χ0n) is 11.7. The Bertz CT molecular complexity index is 471. The van der Waals surface area contributed by atoms with Crippen molar-refractivity contribution in [1.82, 2.24) is 10.2 Å². The minimum atomic E-state index is -0.0389. The topological polar surface area (TPSA) is 58.4 Å². The first kappa shape index (κ1) is 15.7. The van der Waals surface area contributed by atoms with Crippen molar-refractivity contribution in [3.8, 4) is 11.8 Å². The van der Waals surface area contributed by atoms with Crippen molar-refractivity contribution in [2.75, 3.05) is 26.7 Å². The third-order valence-electron chi connectivity index (χ3n) is 2.78. The summed E-state index contributed by atoms with van der Waals surface area (Å²) in [6.45, 7) is 6.08. The van der Waals surface area contributed by atoms with Crippen molar-refractivity contribution in [2.45, 2.75) is 19.9 Å². The number of carbonyl (C=O) groups excluding carboxylic acids is 1. The molecule has 1 amide bonds. The van der Waals surface area contributed by atoms with Crippen LogP contribution in [0.15, 0.2) is 12.1 Å². The number of rotatable bonds is 5. The predicted octanol–water partition coefficient (Wildman–Crippen LogP) is 1.13. The molecule has 1 aromatic rings. The minimum absolute atomic E-state index is 0.0389. The molecule has 1 aromatic heterocycles. The van der Waals surface area contributed by atoms with E-state index in [1.165, 1.54) is 11.3 Å². The predicted molar refractivity (Wildman–Crippen MR) is 80.4 cm³/mol. The van der Waals surface area contributed by atoms with Crippen LogP contribution in [0.25, 0.3) is 0 Å². The average molecular weight is 279 g/mol. The first-order chi connectivity index (χ1) is 9.04. The van der Waals surface area contributed by atoms with E-state index < -0.39 is 0 Å². The van der Waals surface area contributed by atoms with Crippen LogP contribution in [0.4, 0.5) is 0 Å². The molecule has 1 heterocycles. The van der Waals surface area contributed by atoms with Crippen LogP contribution in [0.2, 0.25) is 0 Å². The standard InChI is InChI=1S/C14H21N3OS/c1-11(2)17(3)10-9-16-14(18)13-7-6-12(19-13)5-4-8-15/h6-7,11H,8-10,15H2,1-3H3,(H,16,18). The SMILES string of the molecule is CC(C)N(C)CCNC(=O)c1ccc(C#CCN)s1. The van der Waals surface area contributed by atoms with E-state index >= 15 is 0 Å². The van der Waals surface area contributed by atoms with Crippen molar-refractivity contribution in [1.29, 1.82) is 0 Å². The fourth-order valence-corrected chi connectivity index (χ4v) is 2.15. The number of thiophene rings is 1. The Morgan fingerprint density at radius 1 is 1.53 bits per heavy atom. The van der Waals surface area contributed by atoms with Gasteiger partial charge in [0.1, 0.15) is 0 Å². The molecule has 0 bridgehead atoms. The van der Waals surface area contributed by atoms with Crippen molar-refractivity contribution < 1.29 is 4.79 Å². The van der Waals surface area contributed by atoms with Crippen LogP contribution in [0.3, 0.4) is 0 Å². The average Bonchev–Trinajstić information content (AvgIpc) is 2.84. The fourth-order valence-electron chi connectivity index (χ4n) is 1.36. The van der Waals surface area contributed by atoms with E-state index in [1.807, 2.05) is 13.1 Å². The van der Waals surface area contributed by atoms with Gasteiger partial charge in [0.05, 0.1) is 16.3 Å². The lowest BCUT2D eigenvalue weighted by molar-refractivity contribution is 0.0952. The summed E-state index contributed by atoms with van der Waals surface area (Å²) in [4.78, 5) is 15.6. The summed E-state index contributed by atoms with van der Waals surface area (Å²) in [5, 5.41) is 2.91. The molecule has 104 valence electrons. The van der Waals surface area contributed by atoms with Gasteiger partial charge in [-0.25, -0.2) is 0 Å². The third kappa shape index (κ3) is 5.43. The highest BCUT2D eigenvalue weighted by Gasteiger charge is 2.09. The summed E-state index contributed by atoms with van der Waals surface area (Å²) in [7, 11) is 2.04. The van der Waals surface area contributed by atoms with Gasteiger partial charge in [-0.1, -0.05) is 11.8 Å². The van der Waals surface area contributed by atoms with E-state index in [2.05, 4.69) is 35.9 Å². The molecule has 0 aliphatic heterocycles. The Hall–Kier alpha value is -1.35. The Morgan fingerprint density at radius 2 is 2.26 bits per heavy atom. The van der Waals surface area contributed by atoms with Gasteiger partial charge in [0, 0.05) is 19.1 Å². The summed E-state index contributed by atoms with van der Waals surface area (Å²) in [6, 6.07) is 4.13. The van der Waals surface area contributed by atoms with E-state index in [-0.39, 0.29) is 5.91 Å². The molecule has 4 nitrogen and oxygen atoms in total. The molecular formula is C14H21N3OS. The lowest BCUT2D eigenvalue weighted by Crippen LogP contribution is -2.35. The van der Waals surface area contributed by atoms with E-state index in [0.717, 1.165) is 11.4 Å². The molecule has 3 N–H and O–H groups in total. The molecule has 0 fully saturated rings. The smallest absolute Gasteiger partial charge is 0.261 e. The summed E-state index contributed by atoms with van der Waals surface area (Å²) >= 11 is 1.39. The Kier molecular flexibility index (Phi) is 6.57. The number of nitrogens with two attached hydrogens (primary N) is 1. The van der Waals surface area contributed by atoms with Crippen LogP contribution in [-0.2, 0) is 0 Å². The molecule has 0 saturated heterocycles. The van der Waals surface area contributed by atoms with Gasteiger partial charge >= 0.3 is 0 Å². The van der Waals surface area contributed by atoms with Crippen LogP contribution < -0.4 is 11.1 Å². The van der Waals surface area contributed by atoms with Crippen LogP contribution in [-0.4, -0.2) is 43.5 Å². The fraction of sp³-hybridized carbons (Fsp3) is 0.500. The molecule has 0 aliphatic rings. The maximum atomic E-state index is 11.9. The third-order valence-corrected chi connectivity index (χ3v) is 3.77. The minimum Gasteiger partial charge on any atom is -0.350 e. The van der Waals surface area contributed by atoms with Gasteiger partial charge in [-0.15, -0.1) is 11.3 Å². The van der Waals surface area contributed by atoms with Crippen molar-refractivity contribution in [3.05, 3.63) is 21.9 Å². The van der Waals surface area contributed by atoms with Gasteiger partial charge in [-0.05, 0) is 33.0 Å². The van der Waals surface area contributed by atoms with Crippen LogP contribution in [0.5, 0.6) is 0 Å². The van der Waals surface area contributed by atoms with Gasteiger partial charge in [0.15, 0.2) is 0 Å². The maximum Gasteiger partial charge on any atom is 0.261 e. The molecule has 0 unspecified atom stereocenters. The number of nitrogens with zero attached hydrogens (tertiary/aromatic N) is 1. The second kappa shape index (κ2) is 7.95. The normalized spacial score (nSPS) is 10.4. The molecule has 0 radical (unpaired) electrons. The second-order valence-electron chi connectivity index (χ2n) is 4.50. The van der Waals surface area contributed by atoms with Crippen LogP contribution in [0, 0.1) is 11.8 Å². The van der Waals surface area contributed by atoms with Crippen molar-refractivity contribution >= 4 is 17.2 Å².